The Bertz CT molecular complexity index is 665. The van der Waals surface area contributed by atoms with E-state index in [1.165, 1.54) is 0 Å². The Hall–Kier alpha value is -2.70. The van der Waals surface area contributed by atoms with Crippen LogP contribution in [-0.2, 0) is 0 Å². The first-order valence-corrected chi connectivity index (χ1v) is 5.63. The minimum Gasteiger partial charge on any atom is -0.288 e. The van der Waals surface area contributed by atoms with Crippen molar-refractivity contribution in [2.75, 3.05) is 5.43 Å². The first-order valence-electron chi connectivity index (χ1n) is 5.63. The molecule has 3 N–H and O–H groups in total. The molecule has 0 saturated heterocycles. The van der Waals surface area contributed by atoms with Crippen LogP contribution in [0.15, 0.2) is 29.1 Å². The highest BCUT2D eigenvalue weighted by Crippen LogP contribution is 2.06. The van der Waals surface area contributed by atoms with E-state index in [-0.39, 0.29) is 23.1 Å². The van der Waals surface area contributed by atoms with Gasteiger partial charge >= 0.3 is 0 Å². The summed E-state index contributed by atoms with van der Waals surface area (Å²) in [6.45, 7) is 3.38. The zero-order valence-corrected chi connectivity index (χ0v) is 10.5. The van der Waals surface area contributed by atoms with Crippen molar-refractivity contribution in [1.29, 1.82) is 0 Å². The molecule has 1 amide bonds. The molecule has 0 bridgehead atoms. The van der Waals surface area contributed by atoms with Gasteiger partial charge < -0.3 is 0 Å². The Balaban J connectivity index is 2.07. The lowest BCUT2D eigenvalue weighted by atomic mass is 10.1. The number of H-pyrrole nitrogens is 1. The molecule has 0 aliphatic carbocycles. The number of amides is 1. The van der Waals surface area contributed by atoms with Crippen LogP contribution in [-0.4, -0.2) is 21.1 Å². The Morgan fingerprint density at radius 3 is 2.63 bits per heavy atom. The predicted octanol–water partition coefficient (Wildman–Crippen LogP) is 0.539. The molecule has 0 aliphatic rings. The fourth-order valence-corrected chi connectivity index (χ4v) is 1.46. The molecular weight excluding hydrogens is 246 g/mol. The van der Waals surface area contributed by atoms with Crippen molar-refractivity contribution in [3.05, 3.63) is 51.4 Å². The van der Waals surface area contributed by atoms with Crippen molar-refractivity contribution >= 4 is 11.9 Å². The second-order valence-electron chi connectivity index (χ2n) is 3.98. The molecule has 2 rings (SSSR count). The van der Waals surface area contributed by atoms with Crippen molar-refractivity contribution in [3.63, 3.8) is 0 Å². The average molecular weight is 259 g/mol. The Kier molecular flexibility index (Phi) is 3.56. The highest BCUT2D eigenvalue weighted by Gasteiger charge is 2.08. The number of rotatable bonds is 3. The summed E-state index contributed by atoms with van der Waals surface area (Å²) < 4.78 is 0. The van der Waals surface area contributed by atoms with Crippen LogP contribution in [0, 0.1) is 13.8 Å². The smallest absolute Gasteiger partial charge is 0.274 e. The van der Waals surface area contributed by atoms with Gasteiger partial charge in [0.2, 0.25) is 5.95 Å². The second-order valence-corrected chi connectivity index (χ2v) is 3.98. The van der Waals surface area contributed by atoms with E-state index in [1.54, 1.807) is 19.1 Å². The van der Waals surface area contributed by atoms with Crippen molar-refractivity contribution in [2.24, 2.45) is 0 Å². The van der Waals surface area contributed by atoms with E-state index < -0.39 is 0 Å². The molecule has 0 aliphatic heterocycles. The first-order chi connectivity index (χ1) is 9.08. The third kappa shape index (κ3) is 2.95. The lowest BCUT2D eigenvalue weighted by Gasteiger charge is -2.08. The van der Waals surface area contributed by atoms with Gasteiger partial charge in [-0.15, -0.1) is 10.2 Å². The fourth-order valence-electron chi connectivity index (χ4n) is 1.46. The monoisotopic (exact) mass is 259 g/mol. The summed E-state index contributed by atoms with van der Waals surface area (Å²) in [6.07, 6.45) is 0. The summed E-state index contributed by atoms with van der Waals surface area (Å²) in [4.78, 5) is 25.6. The Morgan fingerprint density at radius 2 is 1.95 bits per heavy atom. The van der Waals surface area contributed by atoms with Crippen LogP contribution in [0.3, 0.4) is 0 Å². The van der Waals surface area contributed by atoms with Gasteiger partial charge in [-0.3, -0.25) is 25.4 Å². The number of aryl methyl sites for hydroxylation is 2. The van der Waals surface area contributed by atoms with Crippen LogP contribution in [0.1, 0.15) is 21.6 Å². The number of anilines is 1. The lowest BCUT2D eigenvalue weighted by molar-refractivity contribution is 0.0961. The molecule has 19 heavy (non-hydrogen) atoms. The number of hydrogen-bond acceptors (Lipinski definition) is 5. The number of aromatic amines is 1. The van der Waals surface area contributed by atoms with Gasteiger partial charge in [0.05, 0.1) is 0 Å². The number of nitrogens with one attached hydrogen (secondary N) is 3. The molecule has 0 atom stereocenters. The number of hydrogen-bond donors (Lipinski definition) is 3. The maximum Gasteiger partial charge on any atom is 0.274 e. The van der Waals surface area contributed by atoms with Gasteiger partial charge in [0, 0.05) is 5.56 Å². The maximum absolute atomic E-state index is 11.9. The minimum absolute atomic E-state index is 0.0811. The van der Waals surface area contributed by atoms with Gasteiger partial charge in [-0.05, 0) is 25.5 Å². The van der Waals surface area contributed by atoms with Crippen LogP contribution in [0.4, 0.5) is 5.95 Å². The first kappa shape index (κ1) is 12.7. The summed E-state index contributed by atoms with van der Waals surface area (Å²) in [5.74, 6) is -0.237. The quantitative estimate of drug-likeness (QED) is 0.698. The van der Waals surface area contributed by atoms with Crippen molar-refractivity contribution in [2.45, 2.75) is 13.8 Å². The molecule has 0 spiro atoms. The molecule has 1 aromatic heterocycles. The van der Waals surface area contributed by atoms with E-state index >= 15 is 0 Å². The van der Waals surface area contributed by atoms with E-state index in [1.807, 2.05) is 19.1 Å². The van der Waals surface area contributed by atoms with E-state index in [4.69, 9.17) is 0 Å². The maximum atomic E-state index is 11.9. The standard InChI is InChI=1S/C12H13N5O2/c1-7-5-3-4-6-9(7)11(19)15-17-12-13-10(18)8(2)14-16-12/h3-6H,1-2H3,(H,15,19)(H2,13,16,17,18). The molecule has 0 unspecified atom stereocenters. The van der Waals surface area contributed by atoms with E-state index in [9.17, 15) is 9.59 Å². The summed E-state index contributed by atoms with van der Waals surface area (Å²) in [5.41, 5.74) is 6.24. The van der Waals surface area contributed by atoms with Crippen molar-refractivity contribution in [1.82, 2.24) is 20.6 Å². The molecule has 0 fully saturated rings. The van der Waals surface area contributed by atoms with E-state index in [0.29, 0.717) is 5.56 Å². The van der Waals surface area contributed by atoms with Crippen LogP contribution >= 0.6 is 0 Å². The third-order valence-corrected chi connectivity index (χ3v) is 2.54. The molecule has 2 aromatic rings. The van der Waals surface area contributed by atoms with Crippen LogP contribution in [0.25, 0.3) is 0 Å². The molecule has 7 nitrogen and oxygen atoms in total. The van der Waals surface area contributed by atoms with Crippen LogP contribution in [0.2, 0.25) is 0 Å². The molecule has 7 heteroatoms. The third-order valence-electron chi connectivity index (χ3n) is 2.54. The molecule has 0 radical (unpaired) electrons. The SMILES string of the molecule is Cc1ccccc1C(=O)NNc1nnc(C)c(=O)[nH]1. The molecule has 1 aromatic carbocycles. The normalized spacial score (nSPS) is 10.0. The molecule has 1 heterocycles. The van der Waals surface area contributed by atoms with Gasteiger partial charge in [0.1, 0.15) is 5.69 Å². The van der Waals surface area contributed by atoms with Gasteiger partial charge in [-0.25, -0.2) is 0 Å². The lowest BCUT2D eigenvalue weighted by Crippen LogP contribution is -2.32. The van der Waals surface area contributed by atoms with Gasteiger partial charge in [-0.1, -0.05) is 18.2 Å². The van der Waals surface area contributed by atoms with Crippen molar-refractivity contribution in [3.8, 4) is 0 Å². The van der Waals surface area contributed by atoms with E-state index in [0.717, 1.165) is 5.56 Å². The number of carbonyl (C=O) groups is 1. The van der Waals surface area contributed by atoms with Crippen LogP contribution in [0.5, 0.6) is 0 Å². The van der Waals surface area contributed by atoms with Gasteiger partial charge in [-0.2, -0.15) is 0 Å². The summed E-state index contributed by atoms with van der Waals surface area (Å²) in [5, 5.41) is 7.34. The Morgan fingerprint density at radius 1 is 1.21 bits per heavy atom. The minimum atomic E-state index is -0.359. The number of nitrogens with zero attached hydrogens (tertiary/aromatic N) is 2. The highest BCUT2D eigenvalue weighted by atomic mass is 16.2. The summed E-state index contributed by atoms with van der Waals surface area (Å²) in [6, 6.07) is 7.16. The molecule has 0 saturated carbocycles. The van der Waals surface area contributed by atoms with Gasteiger partial charge in [0.25, 0.3) is 11.5 Å². The average Bonchev–Trinajstić information content (AvgIpc) is 2.40. The number of carbonyl (C=O) groups excluding carboxylic acids is 1. The zero-order valence-electron chi connectivity index (χ0n) is 10.5. The van der Waals surface area contributed by atoms with Crippen LogP contribution < -0.4 is 16.4 Å². The topological polar surface area (TPSA) is 99.8 Å². The number of hydrazine groups is 1. The second kappa shape index (κ2) is 5.30. The fraction of sp³-hybridized carbons (Fsp3) is 0.167. The van der Waals surface area contributed by atoms with Gasteiger partial charge in [0.15, 0.2) is 0 Å². The highest BCUT2D eigenvalue weighted by molar-refractivity contribution is 5.96. The molecular formula is C12H13N5O2. The summed E-state index contributed by atoms with van der Waals surface area (Å²) >= 11 is 0. The number of aromatic nitrogens is 3. The molecule has 98 valence electrons. The summed E-state index contributed by atoms with van der Waals surface area (Å²) in [7, 11) is 0. The number of benzene rings is 1. The predicted molar refractivity (Wildman–Crippen MR) is 69.7 cm³/mol. The van der Waals surface area contributed by atoms with Crippen molar-refractivity contribution < 1.29 is 4.79 Å². The largest absolute Gasteiger partial charge is 0.288 e. The Labute approximate surface area is 109 Å². The zero-order chi connectivity index (χ0) is 13.8. The van der Waals surface area contributed by atoms with E-state index in [2.05, 4.69) is 26.0 Å².